The van der Waals surface area contributed by atoms with Gasteiger partial charge in [0.1, 0.15) is 11.4 Å². The van der Waals surface area contributed by atoms with Crippen LogP contribution in [0, 0.1) is 5.92 Å². The van der Waals surface area contributed by atoms with Crippen molar-refractivity contribution in [3.63, 3.8) is 0 Å². The first kappa shape index (κ1) is 17.2. The normalized spacial score (nSPS) is 15.0. The Morgan fingerprint density at radius 2 is 1.84 bits per heavy atom. The third kappa shape index (κ3) is 4.26. The number of ether oxygens (including phenoxy) is 2. The SMILES string of the molecule is COc1ccc(CC2CCN(C(=O)c3ccnc(OC)n3)CC2)cc1. The number of amides is 1. The molecule has 1 aliphatic heterocycles. The quantitative estimate of drug-likeness (QED) is 0.836. The molecule has 0 unspecified atom stereocenters. The lowest BCUT2D eigenvalue weighted by Gasteiger charge is -2.32. The van der Waals surface area contributed by atoms with Gasteiger partial charge in [-0.25, -0.2) is 4.98 Å². The Balaban J connectivity index is 1.54. The maximum Gasteiger partial charge on any atom is 0.316 e. The zero-order chi connectivity index (χ0) is 17.6. The second-order valence-corrected chi connectivity index (χ2v) is 6.22. The van der Waals surface area contributed by atoms with E-state index >= 15 is 0 Å². The van der Waals surface area contributed by atoms with E-state index in [1.807, 2.05) is 17.0 Å². The number of rotatable bonds is 5. The van der Waals surface area contributed by atoms with Gasteiger partial charge in [0.05, 0.1) is 14.2 Å². The van der Waals surface area contributed by atoms with Crippen LogP contribution in [0.3, 0.4) is 0 Å². The summed E-state index contributed by atoms with van der Waals surface area (Å²) in [5.74, 6) is 1.42. The first-order valence-corrected chi connectivity index (χ1v) is 8.49. The molecule has 1 amide bonds. The van der Waals surface area contributed by atoms with Crippen LogP contribution in [0.4, 0.5) is 0 Å². The summed E-state index contributed by atoms with van der Waals surface area (Å²) in [6, 6.07) is 10.1. The molecule has 0 bridgehead atoms. The number of likely N-dealkylation sites (tertiary alicyclic amines) is 1. The molecule has 2 heterocycles. The fraction of sp³-hybridized carbons (Fsp3) is 0.421. The molecule has 2 aromatic rings. The Morgan fingerprint density at radius 3 is 2.48 bits per heavy atom. The number of benzene rings is 1. The molecule has 3 rings (SSSR count). The molecule has 25 heavy (non-hydrogen) atoms. The molecule has 1 aromatic carbocycles. The molecule has 6 nitrogen and oxygen atoms in total. The largest absolute Gasteiger partial charge is 0.497 e. The summed E-state index contributed by atoms with van der Waals surface area (Å²) in [5, 5.41) is 0. The van der Waals surface area contributed by atoms with Gasteiger partial charge >= 0.3 is 6.01 Å². The van der Waals surface area contributed by atoms with E-state index in [0.29, 0.717) is 11.6 Å². The van der Waals surface area contributed by atoms with Crippen molar-refractivity contribution in [2.75, 3.05) is 27.3 Å². The Kier molecular flexibility index (Phi) is 5.48. The van der Waals surface area contributed by atoms with E-state index in [1.165, 1.54) is 12.7 Å². The highest BCUT2D eigenvalue weighted by atomic mass is 16.5. The van der Waals surface area contributed by atoms with E-state index in [-0.39, 0.29) is 11.9 Å². The van der Waals surface area contributed by atoms with Crippen LogP contribution in [-0.2, 0) is 6.42 Å². The molecule has 1 aliphatic rings. The van der Waals surface area contributed by atoms with E-state index in [4.69, 9.17) is 9.47 Å². The zero-order valence-corrected chi connectivity index (χ0v) is 14.6. The van der Waals surface area contributed by atoms with Crippen LogP contribution in [0.5, 0.6) is 11.8 Å². The summed E-state index contributed by atoms with van der Waals surface area (Å²) in [6.45, 7) is 1.51. The molecule has 132 valence electrons. The van der Waals surface area contributed by atoms with Gasteiger partial charge in [0, 0.05) is 19.3 Å². The Labute approximate surface area is 147 Å². The Morgan fingerprint density at radius 1 is 1.12 bits per heavy atom. The van der Waals surface area contributed by atoms with Crippen LogP contribution < -0.4 is 9.47 Å². The second-order valence-electron chi connectivity index (χ2n) is 6.22. The summed E-state index contributed by atoms with van der Waals surface area (Å²) in [5.41, 5.74) is 1.70. The van der Waals surface area contributed by atoms with E-state index < -0.39 is 0 Å². The van der Waals surface area contributed by atoms with Gasteiger partial charge in [0.15, 0.2) is 0 Å². The van der Waals surface area contributed by atoms with E-state index in [0.717, 1.165) is 38.1 Å². The minimum absolute atomic E-state index is 0.0522. The topological polar surface area (TPSA) is 64.5 Å². The first-order valence-electron chi connectivity index (χ1n) is 8.49. The predicted molar refractivity (Wildman–Crippen MR) is 93.9 cm³/mol. The van der Waals surface area contributed by atoms with Crippen LogP contribution in [0.1, 0.15) is 28.9 Å². The van der Waals surface area contributed by atoms with Crippen LogP contribution in [0.15, 0.2) is 36.5 Å². The highest BCUT2D eigenvalue weighted by Gasteiger charge is 2.24. The number of hydrogen-bond donors (Lipinski definition) is 0. The smallest absolute Gasteiger partial charge is 0.316 e. The van der Waals surface area contributed by atoms with Crippen molar-refractivity contribution >= 4 is 5.91 Å². The van der Waals surface area contributed by atoms with Crippen LogP contribution >= 0.6 is 0 Å². The molecular formula is C19H23N3O3. The standard InChI is InChI=1S/C19H23N3O3/c1-24-16-5-3-14(4-6-16)13-15-8-11-22(12-9-15)18(23)17-7-10-20-19(21-17)25-2/h3-7,10,15H,8-9,11-13H2,1-2H3. The van der Waals surface area contributed by atoms with Gasteiger partial charge in [-0.05, 0) is 48.9 Å². The minimum atomic E-state index is -0.0522. The molecule has 1 aromatic heterocycles. The summed E-state index contributed by atoms with van der Waals surface area (Å²) >= 11 is 0. The lowest BCUT2D eigenvalue weighted by molar-refractivity contribution is 0.0683. The fourth-order valence-electron chi connectivity index (χ4n) is 3.16. The van der Waals surface area contributed by atoms with Crippen molar-refractivity contribution in [3.8, 4) is 11.8 Å². The number of aromatic nitrogens is 2. The Bertz CT molecular complexity index is 710. The highest BCUT2D eigenvalue weighted by Crippen LogP contribution is 2.23. The number of carbonyl (C=O) groups excluding carboxylic acids is 1. The van der Waals surface area contributed by atoms with Gasteiger partial charge < -0.3 is 14.4 Å². The van der Waals surface area contributed by atoms with Gasteiger partial charge in [0.25, 0.3) is 5.91 Å². The number of methoxy groups -OCH3 is 2. The zero-order valence-electron chi connectivity index (χ0n) is 14.6. The van der Waals surface area contributed by atoms with Gasteiger partial charge in [-0.2, -0.15) is 4.98 Å². The summed E-state index contributed by atoms with van der Waals surface area (Å²) < 4.78 is 10.2. The van der Waals surface area contributed by atoms with Crippen molar-refractivity contribution in [1.82, 2.24) is 14.9 Å². The molecule has 0 saturated carbocycles. The van der Waals surface area contributed by atoms with Crippen LogP contribution in [0.25, 0.3) is 0 Å². The van der Waals surface area contributed by atoms with Crippen LogP contribution in [0.2, 0.25) is 0 Å². The van der Waals surface area contributed by atoms with E-state index in [2.05, 4.69) is 22.1 Å². The summed E-state index contributed by atoms with van der Waals surface area (Å²) in [7, 11) is 3.17. The second kappa shape index (κ2) is 7.96. The summed E-state index contributed by atoms with van der Waals surface area (Å²) in [4.78, 5) is 22.5. The number of nitrogens with zero attached hydrogens (tertiary/aromatic N) is 3. The van der Waals surface area contributed by atoms with Gasteiger partial charge in [-0.3, -0.25) is 4.79 Å². The third-order valence-corrected chi connectivity index (χ3v) is 4.62. The number of hydrogen-bond acceptors (Lipinski definition) is 5. The van der Waals surface area contributed by atoms with Crippen molar-refractivity contribution in [1.29, 1.82) is 0 Å². The third-order valence-electron chi connectivity index (χ3n) is 4.62. The lowest BCUT2D eigenvalue weighted by atomic mass is 9.90. The molecule has 0 aliphatic carbocycles. The predicted octanol–water partition coefficient (Wildman–Crippen LogP) is 2.59. The molecule has 0 spiro atoms. The molecule has 0 radical (unpaired) electrons. The van der Waals surface area contributed by atoms with Crippen molar-refractivity contribution < 1.29 is 14.3 Å². The number of carbonyl (C=O) groups is 1. The molecule has 1 fully saturated rings. The van der Waals surface area contributed by atoms with Gasteiger partial charge in [-0.1, -0.05) is 12.1 Å². The molecular weight excluding hydrogens is 318 g/mol. The molecule has 0 atom stereocenters. The molecule has 1 saturated heterocycles. The minimum Gasteiger partial charge on any atom is -0.497 e. The van der Waals surface area contributed by atoms with Gasteiger partial charge in [-0.15, -0.1) is 0 Å². The summed E-state index contributed by atoms with van der Waals surface area (Å²) in [6.07, 6.45) is 4.59. The molecule has 6 heteroatoms. The lowest BCUT2D eigenvalue weighted by Crippen LogP contribution is -2.39. The van der Waals surface area contributed by atoms with Crippen molar-refractivity contribution in [3.05, 3.63) is 47.8 Å². The van der Waals surface area contributed by atoms with E-state index in [9.17, 15) is 4.79 Å². The number of piperidine rings is 1. The first-order chi connectivity index (χ1) is 12.2. The van der Waals surface area contributed by atoms with Crippen molar-refractivity contribution in [2.24, 2.45) is 5.92 Å². The van der Waals surface area contributed by atoms with Crippen LogP contribution in [-0.4, -0.2) is 48.1 Å². The Hall–Kier alpha value is -2.63. The fourth-order valence-corrected chi connectivity index (χ4v) is 3.16. The highest BCUT2D eigenvalue weighted by molar-refractivity contribution is 5.92. The maximum absolute atomic E-state index is 12.6. The average molecular weight is 341 g/mol. The molecule has 0 N–H and O–H groups in total. The van der Waals surface area contributed by atoms with Crippen molar-refractivity contribution in [2.45, 2.75) is 19.3 Å². The van der Waals surface area contributed by atoms with Gasteiger partial charge in [0.2, 0.25) is 0 Å². The maximum atomic E-state index is 12.6. The average Bonchev–Trinajstić information content (AvgIpc) is 2.68. The monoisotopic (exact) mass is 341 g/mol. The van der Waals surface area contributed by atoms with E-state index in [1.54, 1.807) is 19.4 Å².